The number of carbonyl (C=O) groups is 1. The first-order valence-corrected chi connectivity index (χ1v) is 6.87. The Balaban J connectivity index is 0.00000484. The predicted octanol–water partition coefficient (Wildman–Crippen LogP) is -1.32. The fourth-order valence-electron chi connectivity index (χ4n) is 1.64. The fraction of sp³-hybridized carbons (Fsp3) is 0.438. The molecule has 130 valence electrons. The topological polar surface area (TPSA) is 65.0 Å². The van der Waals surface area contributed by atoms with Crippen molar-refractivity contribution in [3.05, 3.63) is 23.8 Å². The molecule has 0 aromatic heterocycles. The Morgan fingerprint density at radius 3 is 2.13 bits per heavy atom. The molecule has 0 saturated carbocycles. The number of quaternary nitrogens is 1. The highest BCUT2D eigenvalue weighted by atomic mass is 79.9. The third-order valence-electron chi connectivity index (χ3n) is 2.92. The van der Waals surface area contributed by atoms with Gasteiger partial charge >= 0.3 is 5.97 Å². The van der Waals surface area contributed by atoms with E-state index in [9.17, 15) is 9.90 Å². The molecule has 6 nitrogen and oxygen atoms in total. The Morgan fingerprint density at radius 1 is 1.17 bits per heavy atom. The summed E-state index contributed by atoms with van der Waals surface area (Å²) in [6, 6.07) is 3.21. The molecule has 0 bridgehead atoms. The standard InChI is InChI=1S/C16H23NO5.BrH/c1-17(2,3)8-9-22-15(18)7-6-12-10-13(20-4)16(19)14(11-12)21-5;/h6-7,10-11H,8-9H2,1-5H3;1H. The second-order valence-corrected chi connectivity index (χ2v) is 5.79. The lowest BCUT2D eigenvalue weighted by atomic mass is 10.1. The van der Waals surface area contributed by atoms with Crippen molar-refractivity contribution in [2.24, 2.45) is 0 Å². The molecule has 1 rings (SSSR count). The number of methoxy groups -OCH3 is 2. The number of ether oxygens (including phenoxy) is 3. The maximum absolute atomic E-state index is 11.7. The average molecular weight is 390 g/mol. The highest BCUT2D eigenvalue weighted by molar-refractivity contribution is 5.87. The van der Waals surface area contributed by atoms with Gasteiger partial charge in [-0.1, -0.05) is 0 Å². The summed E-state index contributed by atoms with van der Waals surface area (Å²) in [7, 11) is 8.97. The molecule has 1 aromatic carbocycles. The van der Waals surface area contributed by atoms with E-state index in [4.69, 9.17) is 14.2 Å². The molecule has 0 spiro atoms. The van der Waals surface area contributed by atoms with E-state index in [0.29, 0.717) is 12.2 Å². The molecule has 1 aromatic rings. The van der Waals surface area contributed by atoms with Crippen LogP contribution >= 0.6 is 0 Å². The summed E-state index contributed by atoms with van der Waals surface area (Å²) in [5.74, 6) is 0.0573. The number of phenols is 1. The van der Waals surface area contributed by atoms with Crippen molar-refractivity contribution in [2.75, 3.05) is 48.5 Å². The van der Waals surface area contributed by atoms with E-state index in [0.717, 1.165) is 11.0 Å². The second kappa shape index (κ2) is 9.42. The first-order chi connectivity index (χ1) is 10.3. The van der Waals surface area contributed by atoms with Crippen LogP contribution in [-0.2, 0) is 9.53 Å². The number of likely N-dealkylation sites (N-methyl/N-ethyl adjacent to an activating group) is 1. The number of hydrogen-bond donors (Lipinski definition) is 1. The zero-order chi connectivity index (χ0) is 16.8. The monoisotopic (exact) mass is 389 g/mol. The number of esters is 1. The summed E-state index contributed by atoms with van der Waals surface area (Å²) in [5.41, 5.74) is 0.662. The van der Waals surface area contributed by atoms with Crippen LogP contribution in [0.1, 0.15) is 5.56 Å². The van der Waals surface area contributed by atoms with Gasteiger partial charge in [-0.25, -0.2) is 4.79 Å². The van der Waals surface area contributed by atoms with E-state index in [1.807, 2.05) is 21.1 Å². The molecule has 0 amide bonds. The largest absolute Gasteiger partial charge is 1.00 e. The van der Waals surface area contributed by atoms with Gasteiger partial charge in [-0.15, -0.1) is 0 Å². The Hall–Kier alpha value is -1.73. The van der Waals surface area contributed by atoms with E-state index < -0.39 is 5.97 Å². The SMILES string of the molecule is COc1cc(/C=C/C(=O)OCC[N+](C)(C)C)cc(OC)c1O.[Br-]. The maximum Gasteiger partial charge on any atom is 0.330 e. The summed E-state index contributed by atoms with van der Waals surface area (Å²) in [5, 5.41) is 9.82. The molecule has 0 aliphatic carbocycles. The number of nitrogens with zero attached hydrogens (tertiary/aromatic N) is 1. The van der Waals surface area contributed by atoms with Crippen LogP contribution in [0.5, 0.6) is 17.2 Å². The van der Waals surface area contributed by atoms with Crippen LogP contribution in [0.4, 0.5) is 0 Å². The van der Waals surface area contributed by atoms with E-state index in [2.05, 4.69) is 0 Å². The van der Waals surface area contributed by atoms with Gasteiger partial charge in [-0.3, -0.25) is 0 Å². The van der Waals surface area contributed by atoms with Gasteiger partial charge in [0.05, 0.1) is 35.4 Å². The molecule has 0 atom stereocenters. The number of carbonyl (C=O) groups excluding carboxylic acids is 1. The van der Waals surface area contributed by atoms with Crippen molar-refractivity contribution in [3.63, 3.8) is 0 Å². The molecule has 0 radical (unpaired) electrons. The number of phenolic OH excluding ortho intramolecular Hbond substituents is 1. The number of benzene rings is 1. The summed E-state index contributed by atoms with van der Waals surface area (Å²) < 4.78 is 16.0. The Labute approximate surface area is 147 Å². The third-order valence-corrected chi connectivity index (χ3v) is 2.92. The maximum atomic E-state index is 11.7. The van der Waals surface area contributed by atoms with Crippen molar-refractivity contribution >= 4 is 12.0 Å². The van der Waals surface area contributed by atoms with Gasteiger partial charge in [-0.05, 0) is 23.8 Å². The summed E-state index contributed by atoms with van der Waals surface area (Å²) in [6.45, 7) is 1.09. The molecule has 23 heavy (non-hydrogen) atoms. The minimum absolute atomic E-state index is 0. The van der Waals surface area contributed by atoms with Crippen LogP contribution in [0.15, 0.2) is 18.2 Å². The van der Waals surface area contributed by atoms with E-state index in [-0.39, 0.29) is 34.2 Å². The Kier molecular flexibility index (Phi) is 8.71. The van der Waals surface area contributed by atoms with Gasteiger partial charge in [0.25, 0.3) is 0 Å². The number of hydrogen-bond acceptors (Lipinski definition) is 5. The lowest BCUT2D eigenvalue weighted by Gasteiger charge is -2.23. The predicted molar refractivity (Wildman–Crippen MR) is 84.1 cm³/mol. The first kappa shape index (κ1) is 21.3. The van der Waals surface area contributed by atoms with Crippen LogP contribution in [0.2, 0.25) is 0 Å². The molecule has 0 fully saturated rings. The Morgan fingerprint density at radius 2 is 1.70 bits per heavy atom. The number of rotatable bonds is 7. The molecule has 0 unspecified atom stereocenters. The lowest BCUT2D eigenvalue weighted by molar-refractivity contribution is -0.870. The van der Waals surface area contributed by atoms with E-state index in [1.165, 1.54) is 20.3 Å². The zero-order valence-corrected chi connectivity index (χ0v) is 15.7. The number of halogens is 1. The highest BCUT2D eigenvalue weighted by Gasteiger charge is 2.11. The van der Waals surface area contributed by atoms with Gasteiger partial charge < -0.3 is 40.8 Å². The summed E-state index contributed by atoms with van der Waals surface area (Å²) in [4.78, 5) is 11.7. The number of aromatic hydroxyl groups is 1. The van der Waals surface area contributed by atoms with Gasteiger partial charge in [0.1, 0.15) is 13.2 Å². The van der Waals surface area contributed by atoms with Crippen LogP contribution < -0.4 is 26.5 Å². The second-order valence-electron chi connectivity index (χ2n) is 5.79. The van der Waals surface area contributed by atoms with Crippen LogP contribution in [0.3, 0.4) is 0 Å². The minimum Gasteiger partial charge on any atom is -1.00 e. The van der Waals surface area contributed by atoms with Crippen LogP contribution in [-0.4, -0.2) is 64.1 Å². The fourth-order valence-corrected chi connectivity index (χ4v) is 1.64. The molecule has 1 N–H and O–H groups in total. The van der Waals surface area contributed by atoms with Crippen molar-refractivity contribution < 1.29 is 45.6 Å². The Bertz CT molecular complexity index is 527. The van der Waals surface area contributed by atoms with Crippen LogP contribution in [0.25, 0.3) is 6.08 Å². The van der Waals surface area contributed by atoms with Crippen LogP contribution in [0, 0.1) is 0 Å². The highest BCUT2D eigenvalue weighted by Crippen LogP contribution is 2.37. The van der Waals surface area contributed by atoms with E-state index in [1.54, 1.807) is 18.2 Å². The van der Waals surface area contributed by atoms with Crippen molar-refractivity contribution in [1.29, 1.82) is 0 Å². The average Bonchev–Trinajstić information content (AvgIpc) is 2.44. The minimum atomic E-state index is -0.417. The zero-order valence-electron chi connectivity index (χ0n) is 14.1. The van der Waals surface area contributed by atoms with Gasteiger partial charge in [0.15, 0.2) is 11.5 Å². The van der Waals surface area contributed by atoms with Crippen molar-refractivity contribution in [2.45, 2.75) is 0 Å². The summed E-state index contributed by atoms with van der Waals surface area (Å²) >= 11 is 0. The van der Waals surface area contributed by atoms with E-state index >= 15 is 0 Å². The molecule has 0 aliphatic heterocycles. The lowest BCUT2D eigenvalue weighted by Crippen LogP contribution is -3.00. The van der Waals surface area contributed by atoms with Gasteiger partial charge in [0.2, 0.25) is 5.75 Å². The quantitative estimate of drug-likeness (QED) is 0.355. The van der Waals surface area contributed by atoms with Crippen molar-refractivity contribution in [3.8, 4) is 17.2 Å². The third kappa shape index (κ3) is 7.38. The molecule has 0 saturated heterocycles. The van der Waals surface area contributed by atoms with Gasteiger partial charge in [-0.2, -0.15) is 0 Å². The first-order valence-electron chi connectivity index (χ1n) is 6.87. The smallest absolute Gasteiger partial charge is 0.330 e. The van der Waals surface area contributed by atoms with Crippen molar-refractivity contribution in [1.82, 2.24) is 0 Å². The molecular formula is C16H24BrNO5. The molecule has 0 heterocycles. The molecule has 7 heteroatoms. The molecule has 0 aliphatic rings. The van der Waals surface area contributed by atoms with Gasteiger partial charge in [0, 0.05) is 6.08 Å². The normalized spacial score (nSPS) is 11.0. The molecular weight excluding hydrogens is 366 g/mol. The summed E-state index contributed by atoms with van der Waals surface area (Å²) in [6.07, 6.45) is 2.92.